The summed E-state index contributed by atoms with van der Waals surface area (Å²) in [6, 6.07) is 10.1. The van der Waals surface area contributed by atoms with Gasteiger partial charge in [-0.3, -0.25) is 14.5 Å². The van der Waals surface area contributed by atoms with Gasteiger partial charge in [-0.15, -0.1) is 0 Å². The number of nitrogens with zero attached hydrogens (tertiary/aromatic N) is 1. The van der Waals surface area contributed by atoms with Crippen molar-refractivity contribution in [1.29, 1.82) is 0 Å². The van der Waals surface area contributed by atoms with E-state index in [9.17, 15) is 9.59 Å². The number of nitrogens with one attached hydrogen (secondary N) is 1. The van der Waals surface area contributed by atoms with Gasteiger partial charge in [0.05, 0.1) is 13.5 Å². The Morgan fingerprint density at radius 2 is 2.00 bits per heavy atom. The summed E-state index contributed by atoms with van der Waals surface area (Å²) in [5.74, 6) is -0.351. The number of hydrogen-bond donors (Lipinski definition) is 1. The van der Waals surface area contributed by atoms with Gasteiger partial charge < -0.3 is 9.72 Å². The number of aromatic amines is 1. The lowest BCUT2D eigenvalue weighted by Gasteiger charge is -2.16. The molecule has 6 heteroatoms. The van der Waals surface area contributed by atoms with E-state index < -0.39 is 0 Å². The van der Waals surface area contributed by atoms with Crippen LogP contribution in [-0.2, 0) is 29.0 Å². The molecule has 1 aromatic carbocycles. The van der Waals surface area contributed by atoms with Gasteiger partial charge in [-0.2, -0.15) is 0 Å². The van der Waals surface area contributed by atoms with Crippen LogP contribution in [0.5, 0.6) is 0 Å². The maximum atomic E-state index is 11.5. The van der Waals surface area contributed by atoms with Crippen molar-refractivity contribution in [3.8, 4) is 0 Å². The van der Waals surface area contributed by atoms with Gasteiger partial charge in [-0.05, 0) is 12.6 Å². The average molecular weight is 306 g/mol. The lowest BCUT2D eigenvalue weighted by atomic mass is 10.2. The average Bonchev–Trinajstić information content (AvgIpc) is 2.79. The molecule has 0 amide bonds. The van der Waals surface area contributed by atoms with Gasteiger partial charge in [0.25, 0.3) is 0 Å². The van der Waals surface area contributed by atoms with Gasteiger partial charge in [0.15, 0.2) is 0 Å². The van der Waals surface area contributed by atoms with Gasteiger partial charge in [0.1, 0.15) is 0 Å². The molecular weight excluding hydrogens is 288 g/mol. The molecule has 1 heterocycles. The zero-order chi connectivity index (χ0) is 15.2. The number of H-pyrrole nitrogens is 1. The van der Waals surface area contributed by atoms with Crippen LogP contribution in [0.15, 0.2) is 35.1 Å². The van der Waals surface area contributed by atoms with Gasteiger partial charge in [0, 0.05) is 23.7 Å². The van der Waals surface area contributed by atoms with Crippen molar-refractivity contribution in [1.82, 2.24) is 9.88 Å². The molecule has 1 aromatic heterocycles. The SMILES string of the molecule is COC(=O)Cc1[nH]c(=O)sc1CN(C)Cc1ccccc1. The third-order valence-corrected chi connectivity index (χ3v) is 3.97. The molecule has 0 aliphatic rings. The highest BCUT2D eigenvalue weighted by molar-refractivity contribution is 7.09. The number of rotatable bonds is 6. The molecular formula is C15H18N2O3S. The van der Waals surface area contributed by atoms with Crippen molar-refractivity contribution in [3.05, 3.63) is 56.1 Å². The molecule has 0 saturated carbocycles. The Labute approximate surface area is 127 Å². The Morgan fingerprint density at radius 1 is 1.29 bits per heavy atom. The third kappa shape index (κ3) is 4.54. The maximum absolute atomic E-state index is 11.5. The molecule has 1 N–H and O–H groups in total. The number of ether oxygens (including phenoxy) is 1. The van der Waals surface area contributed by atoms with Crippen molar-refractivity contribution < 1.29 is 9.53 Å². The van der Waals surface area contributed by atoms with Gasteiger partial charge >= 0.3 is 10.8 Å². The van der Waals surface area contributed by atoms with E-state index in [1.807, 2.05) is 25.2 Å². The predicted molar refractivity (Wildman–Crippen MR) is 82.3 cm³/mol. The molecule has 21 heavy (non-hydrogen) atoms. The first kappa shape index (κ1) is 15.5. The standard InChI is InChI=1S/C15H18N2O3S/c1-17(9-11-6-4-3-5-7-11)10-13-12(8-14(18)20-2)16-15(19)21-13/h3-7H,8-10H2,1-2H3,(H,16,19). The number of carbonyl (C=O) groups excluding carboxylic acids is 1. The number of thiazole rings is 1. The molecule has 2 aromatic rings. The number of hydrogen-bond acceptors (Lipinski definition) is 5. The number of benzene rings is 1. The van der Waals surface area contributed by atoms with Gasteiger partial charge in [-0.1, -0.05) is 41.7 Å². The van der Waals surface area contributed by atoms with E-state index in [1.54, 1.807) is 0 Å². The van der Waals surface area contributed by atoms with Crippen LogP contribution in [0.3, 0.4) is 0 Å². The van der Waals surface area contributed by atoms with E-state index in [1.165, 1.54) is 12.7 Å². The highest BCUT2D eigenvalue weighted by Gasteiger charge is 2.14. The van der Waals surface area contributed by atoms with Crippen LogP contribution in [0.25, 0.3) is 0 Å². The highest BCUT2D eigenvalue weighted by atomic mass is 32.1. The molecule has 0 spiro atoms. The maximum Gasteiger partial charge on any atom is 0.311 e. The van der Waals surface area contributed by atoms with Crippen LogP contribution in [0.2, 0.25) is 0 Å². The lowest BCUT2D eigenvalue weighted by Crippen LogP contribution is -2.18. The lowest BCUT2D eigenvalue weighted by molar-refractivity contribution is -0.139. The molecule has 0 unspecified atom stereocenters. The van der Waals surface area contributed by atoms with Crippen molar-refractivity contribution in [3.63, 3.8) is 0 Å². The number of carbonyl (C=O) groups is 1. The van der Waals surface area contributed by atoms with E-state index >= 15 is 0 Å². The summed E-state index contributed by atoms with van der Waals surface area (Å²) < 4.78 is 4.65. The summed E-state index contributed by atoms with van der Waals surface area (Å²) in [7, 11) is 3.33. The fourth-order valence-corrected chi connectivity index (χ4v) is 3.00. The summed E-state index contributed by atoms with van der Waals surface area (Å²) in [6.07, 6.45) is 0.101. The molecule has 0 bridgehead atoms. The Balaban J connectivity index is 2.05. The fraction of sp³-hybridized carbons (Fsp3) is 0.333. The van der Waals surface area contributed by atoms with E-state index in [0.29, 0.717) is 12.2 Å². The highest BCUT2D eigenvalue weighted by Crippen LogP contribution is 2.14. The topological polar surface area (TPSA) is 62.4 Å². The van der Waals surface area contributed by atoms with Crippen molar-refractivity contribution in [2.24, 2.45) is 0 Å². The summed E-state index contributed by atoms with van der Waals surface area (Å²) in [5, 5.41) is 0. The molecule has 2 rings (SSSR count). The molecule has 0 atom stereocenters. The van der Waals surface area contributed by atoms with Gasteiger partial charge in [0.2, 0.25) is 0 Å². The first-order chi connectivity index (χ1) is 10.1. The number of esters is 1. The Bertz CT molecular complexity index is 648. The monoisotopic (exact) mass is 306 g/mol. The zero-order valence-corrected chi connectivity index (χ0v) is 12.9. The number of aromatic nitrogens is 1. The first-order valence-corrected chi connectivity index (χ1v) is 7.40. The second kappa shape index (κ2) is 7.19. The second-order valence-electron chi connectivity index (χ2n) is 4.83. The Hall–Kier alpha value is -1.92. The first-order valence-electron chi connectivity index (χ1n) is 6.58. The molecule has 0 aliphatic carbocycles. The van der Waals surface area contributed by atoms with Crippen LogP contribution in [0, 0.1) is 0 Å². The summed E-state index contributed by atoms with van der Waals surface area (Å²) in [4.78, 5) is 28.4. The van der Waals surface area contributed by atoms with Crippen LogP contribution < -0.4 is 4.87 Å². The largest absolute Gasteiger partial charge is 0.469 e. The molecule has 112 valence electrons. The van der Waals surface area contributed by atoms with Crippen molar-refractivity contribution >= 4 is 17.3 Å². The molecule has 5 nitrogen and oxygen atoms in total. The van der Waals surface area contributed by atoms with Crippen molar-refractivity contribution in [2.75, 3.05) is 14.2 Å². The summed E-state index contributed by atoms with van der Waals surface area (Å²) >= 11 is 1.15. The Morgan fingerprint density at radius 3 is 2.67 bits per heavy atom. The van der Waals surface area contributed by atoms with E-state index in [4.69, 9.17) is 0 Å². The zero-order valence-electron chi connectivity index (χ0n) is 12.1. The van der Waals surface area contributed by atoms with E-state index in [-0.39, 0.29) is 17.3 Å². The minimum absolute atomic E-state index is 0.101. The summed E-state index contributed by atoms with van der Waals surface area (Å²) in [6.45, 7) is 1.40. The Kier molecular flexibility index (Phi) is 5.30. The molecule has 0 aliphatic heterocycles. The summed E-state index contributed by atoms with van der Waals surface area (Å²) in [5.41, 5.74) is 1.86. The minimum atomic E-state index is -0.351. The van der Waals surface area contributed by atoms with Crippen LogP contribution in [-0.4, -0.2) is 30.0 Å². The molecule has 0 fully saturated rings. The fourth-order valence-electron chi connectivity index (χ4n) is 2.08. The minimum Gasteiger partial charge on any atom is -0.469 e. The van der Waals surface area contributed by atoms with E-state index in [2.05, 4.69) is 26.8 Å². The van der Waals surface area contributed by atoms with Crippen LogP contribution in [0.1, 0.15) is 16.1 Å². The van der Waals surface area contributed by atoms with Crippen LogP contribution >= 0.6 is 11.3 Å². The third-order valence-electron chi connectivity index (χ3n) is 3.06. The molecule has 0 saturated heterocycles. The van der Waals surface area contributed by atoms with Crippen LogP contribution in [0.4, 0.5) is 0 Å². The second-order valence-corrected chi connectivity index (χ2v) is 5.89. The predicted octanol–water partition coefficient (Wildman–Crippen LogP) is 1.78. The van der Waals surface area contributed by atoms with Crippen molar-refractivity contribution in [2.45, 2.75) is 19.5 Å². The smallest absolute Gasteiger partial charge is 0.311 e. The normalized spacial score (nSPS) is 10.8. The molecule has 0 radical (unpaired) electrons. The quantitative estimate of drug-likeness (QED) is 0.827. The van der Waals surface area contributed by atoms with Gasteiger partial charge in [-0.25, -0.2) is 0 Å². The van der Waals surface area contributed by atoms with E-state index in [0.717, 1.165) is 22.8 Å². The number of methoxy groups -OCH3 is 1.